The van der Waals surface area contributed by atoms with E-state index in [2.05, 4.69) is 33.5 Å². The molecule has 3 aromatic rings. The number of furan rings is 1. The summed E-state index contributed by atoms with van der Waals surface area (Å²) in [5.74, 6) is 2.21. The van der Waals surface area contributed by atoms with Crippen molar-refractivity contribution in [2.75, 3.05) is 5.75 Å². The third-order valence-corrected chi connectivity index (χ3v) is 4.70. The largest absolute Gasteiger partial charge is 0.469 e. The van der Waals surface area contributed by atoms with Gasteiger partial charge in [0.2, 0.25) is 0 Å². The van der Waals surface area contributed by atoms with Crippen LogP contribution < -0.4 is 0 Å². The molecule has 0 N–H and O–H groups in total. The van der Waals surface area contributed by atoms with E-state index in [-0.39, 0.29) is 0 Å². The molecule has 0 aliphatic heterocycles. The highest BCUT2D eigenvalue weighted by molar-refractivity contribution is 7.99. The SMILES string of the molecule is C=C(Cl)CSc1nnc(-c2ccoc2C)n1Cc1ccccc1. The van der Waals surface area contributed by atoms with Gasteiger partial charge in [-0.1, -0.05) is 60.3 Å². The van der Waals surface area contributed by atoms with Crippen molar-refractivity contribution in [2.24, 2.45) is 0 Å². The van der Waals surface area contributed by atoms with E-state index in [1.54, 1.807) is 6.26 Å². The van der Waals surface area contributed by atoms with Gasteiger partial charge in [0.05, 0.1) is 18.4 Å². The molecule has 2 aromatic heterocycles. The molecular formula is C17H16ClN3OS. The molecule has 0 amide bonds. The number of hydrogen-bond donors (Lipinski definition) is 0. The lowest BCUT2D eigenvalue weighted by molar-refractivity contribution is 0.534. The molecule has 0 radical (unpaired) electrons. The second-order valence-corrected chi connectivity index (χ2v) is 6.55. The fourth-order valence-corrected chi connectivity index (χ4v) is 3.12. The first-order chi connectivity index (χ1) is 11.1. The van der Waals surface area contributed by atoms with Crippen LogP contribution in [0.4, 0.5) is 0 Å². The second-order valence-electron chi connectivity index (χ2n) is 5.07. The standard InChI is InChI=1S/C17H16ClN3OS/c1-12(18)11-23-17-20-19-16(15-8-9-22-13(15)2)21(17)10-14-6-4-3-5-7-14/h3-9H,1,10-11H2,2H3. The molecular weight excluding hydrogens is 330 g/mol. The third kappa shape index (κ3) is 3.68. The Kier molecular flexibility index (Phi) is 4.88. The van der Waals surface area contributed by atoms with Crippen molar-refractivity contribution < 1.29 is 4.42 Å². The van der Waals surface area contributed by atoms with Crippen LogP contribution in [0.25, 0.3) is 11.4 Å². The molecule has 0 fully saturated rings. The molecule has 0 atom stereocenters. The number of rotatable bonds is 6. The van der Waals surface area contributed by atoms with Gasteiger partial charge in [0, 0.05) is 10.8 Å². The summed E-state index contributed by atoms with van der Waals surface area (Å²) in [6.45, 7) is 6.33. The molecule has 2 heterocycles. The number of nitrogens with zero attached hydrogens (tertiary/aromatic N) is 3. The molecule has 0 aliphatic rings. The topological polar surface area (TPSA) is 43.9 Å². The molecule has 0 bridgehead atoms. The average Bonchev–Trinajstić information content (AvgIpc) is 3.12. The summed E-state index contributed by atoms with van der Waals surface area (Å²) >= 11 is 7.41. The molecule has 4 nitrogen and oxygen atoms in total. The van der Waals surface area contributed by atoms with Crippen molar-refractivity contribution in [2.45, 2.75) is 18.6 Å². The summed E-state index contributed by atoms with van der Waals surface area (Å²) in [5, 5.41) is 10.1. The quantitative estimate of drug-likeness (QED) is 0.605. The Bertz CT molecular complexity index is 810. The monoisotopic (exact) mass is 345 g/mol. The molecule has 0 saturated heterocycles. The van der Waals surface area contributed by atoms with Crippen LogP contribution in [0.3, 0.4) is 0 Å². The first-order valence-electron chi connectivity index (χ1n) is 7.13. The summed E-state index contributed by atoms with van der Waals surface area (Å²) < 4.78 is 7.49. The Morgan fingerprint density at radius 1 is 1.26 bits per heavy atom. The molecule has 0 spiro atoms. The molecule has 23 heavy (non-hydrogen) atoms. The van der Waals surface area contributed by atoms with E-state index < -0.39 is 0 Å². The van der Waals surface area contributed by atoms with Gasteiger partial charge in [0.15, 0.2) is 11.0 Å². The first kappa shape index (κ1) is 15.9. The minimum atomic E-state index is 0.588. The van der Waals surface area contributed by atoms with Crippen LogP contribution in [0.5, 0.6) is 0 Å². The smallest absolute Gasteiger partial charge is 0.192 e. The van der Waals surface area contributed by atoms with E-state index in [1.165, 1.54) is 17.3 Å². The lowest BCUT2D eigenvalue weighted by Gasteiger charge is -2.10. The van der Waals surface area contributed by atoms with Gasteiger partial charge in [0.1, 0.15) is 5.76 Å². The zero-order chi connectivity index (χ0) is 16.2. The average molecular weight is 346 g/mol. The van der Waals surface area contributed by atoms with Crippen LogP contribution in [-0.4, -0.2) is 20.5 Å². The van der Waals surface area contributed by atoms with Crippen LogP contribution in [0.1, 0.15) is 11.3 Å². The van der Waals surface area contributed by atoms with E-state index >= 15 is 0 Å². The molecule has 3 rings (SSSR count). The van der Waals surface area contributed by atoms with Crippen molar-refractivity contribution in [3.63, 3.8) is 0 Å². The van der Waals surface area contributed by atoms with Crippen LogP contribution in [0, 0.1) is 6.92 Å². The summed E-state index contributed by atoms with van der Waals surface area (Å²) in [6, 6.07) is 12.1. The number of halogens is 1. The Morgan fingerprint density at radius 2 is 2.04 bits per heavy atom. The Balaban J connectivity index is 1.99. The van der Waals surface area contributed by atoms with Gasteiger partial charge >= 0.3 is 0 Å². The van der Waals surface area contributed by atoms with Crippen molar-refractivity contribution in [3.05, 3.63) is 65.6 Å². The number of benzene rings is 1. The highest BCUT2D eigenvalue weighted by Crippen LogP contribution is 2.28. The second kappa shape index (κ2) is 7.06. The van der Waals surface area contributed by atoms with Crippen LogP contribution in [-0.2, 0) is 6.54 Å². The third-order valence-electron chi connectivity index (χ3n) is 3.36. The van der Waals surface area contributed by atoms with Gasteiger partial charge in [-0.15, -0.1) is 10.2 Å². The van der Waals surface area contributed by atoms with Crippen molar-refractivity contribution in [1.82, 2.24) is 14.8 Å². The number of thioether (sulfide) groups is 1. The highest BCUT2D eigenvalue weighted by Gasteiger charge is 2.17. The maximum atomic E-state index is 5.88. The highest BCUT2D eigenvalue weighted by atomic mass is 35.5. The molecule has 118 valence electrons. The van der Waals surface area contributed by atoms with E-state index in [9.17, 15) is 0 Å². The van der Waals surface area contributed by atoms with E-state index in [4.69, 9.17) is 16.0 Å². The van der Waals surface area contributed by atoms with E-state index in [1.807, 2.05) is 31.2 Å². The minimum absolute atomic E-state index is 0.588. The number of hydrogen-bond acceptors (Lipinski definition) is 4. The molecule has 0 aliphatic carbocycles. The summed E-state index contributed by atoms with van der Waals surface area (Å²) in [5.41, 5.74) is 2.13. The maximum Gasteiger partial charge on any atom is 0.192 e. The predicted molar refractivity (Wildman–Crippen MR) is 93.7 cm³/mol. The van der Waals surface area contributed by atoms with Gasteiger partial charge in [-0.05, 0) is 18.6 Å². The Labute approximate surface area is 144 Å². The lowest BCUT2D eigenvalue weighted by Crippen LogP contribution is -2.04. The van der Waals surface area contributed by atoms with Gasteiger partial charge in [0.25, 0.3) is 0 Å². The minimum Gasteiger partial charge on any atom is -0.469 e. The first-order valence-corrected chi connectivity index (χ1v) is 8.49. The molecule has 0 saturated carbocycles. The Hall–Kier alpha value is -1.98. The zero-order valence-electron chi connectivity index (χ0n) is 12.7. The van der Waals surface area contributed by atoms with Crippen LogP contribution in [0.2, 0.25) is 0 Å². The van der Waals surface area contributed by atoms with Gasteiger partial charge in [-0.2, -0.15) is 0 Å². The molecule has 1 aromatic carbocycles. The van der Waals surface area contributed by atoms with Gasteiger partial charge in [-0.25, -0.2) is 0 Å². The van der Waals surface area contributed by atoms with Gasteiger partial charge in [-0.3, -0.25) is 4.57 Å². The zero-order valence-corrected chi connectivity index (χ0v) is 14.3. The number of aromatic nitrogens is 3. The number of aryl methyl sites for hydroxylation is 1. The summed E-state index contributed by atoms with van der Waals surface area (Å²) in [7, 11) is 0. The maximum absolute atomic E-state index is 5.88. The lowest BCUT2D eigenvalue weighted by atomic mass is 10.2. The van der Waals surface area contributed by atoms with Crippen molar-refractivity contribution in [1.29, 1.82) is 0 Å². The normalized spacial score (nSPS) is 10.9. The summed E-state index contributed by atoms with van der Waals surface area (Å²) in [6.07, 6.45) is 1.67. The fourth-order valence-electron chi connectivity index (χ4n) is 2.26. The predicted octanol–water partition coefficient (Wildman–Crippen LogP) is 4.74. The summed E-state index contributed by atoms with van der Waals surface area (Å²) in [4.78, 5) is 0. The molecule has 0 unspecified atom stereocenters. The van der Waals surface area contributed by atoms with Crippen molar-refractivity contribution in [3.8, 4) is 11.4 Å². The van der Waals surface area contributed by atoms with Crippen LogP contribution in [0.15, 0.2) is 63.8 Å². The van der Waals surface area contributed by atoms with Crippen molar-refractivity contribution >= 4 is 23.4 Å². The van der Waals surface area contributed by atoms with Crippen LogP contribution >= 0.6 is 23.4 Å². The fraction of sp³-hybridized carbons (Fsp3) is 0.176. The molecule has 6 heteroatoms. The van der Waals surface area contributed by atoms with E-state index in [0.717, 1.165) is 22.3 Å². The van der Waals surface area contributed by atoms with E-state index in [0.29, 0.717) is 17.3 Å². The Morgan fingerprint density at radius 3 is 2.70 bits per heavy atom. The van der Waals surface area contributed by atoms with Gasteiger partial charge < -0.3 is 4.42 Å².